The maximum atomic E-state index is 5.68. The van der Waals surface area contributed by atoms with Crippen LogP contribution in [0.4, 0.5) is 0 Å². The molecule has 0 saturated carbocycles. The maximum absolute atomic E-state index is 5.68. The van der Waals surface area contributed by atoms with E-state index < -0.39 is 0 Å². The quantitative estimate of drug-likeness (QED) is 0.256. The Morgan fingerprint density at radius 2 is 2.08 bits per heavy atom. The molecular formula is C23H37NO2. The fourth-order valence-electron chi connectivity index (χ4n) is 2.66. The van der Waals surface area contributed by atoms with Crippen molar-refractivity contribution in [2.45, 2.75) is 71.9 Å². The number of aliphatic imine (C=N–C) groups is 1. The summed E-state index contributed by atoms with van der Waals surface area (Å²) in [5, 5.41) is 0. The van der Waals surface area contributed by atoms with Crippen LogP contribution in [0.25, 0.3) is 0 Å². The lowest BCUT2D eigenvalue weighted by Gasteiger charge is -2.16. The van der Waals surface area contributed by atoms with Crippen LogP contribution in [-0.2, 0) is 9.47 Å². The van der Waals surface area contributed by atoms with Gasteiger partial charge in [-0.1, -0.05) is 62.8 Å². The predicted octanol–water partition coefficient (Wildman–Crippen LogP) is 6.04. The van der Waals surface area contributed by atoms with Crippen LogP contribution in [0, 0.1) is 5.41 Å². The summed E-state index contributed by atoms with van der Waals surface area (Å²) in [6, 6.07) is 0.180. The van der Waals surface area contributed by atoms with E-state index in [0.717, 1.165) is 38.0 Å². The van der Waals surface area contributed by atoms with Crippen LogP contribution in [0.15, 0.2) is 53.6 Å². The SMILES string of the molecule is C=CC[C@@H](CC/C(C)=C/C=C/CC/C=C\[C@@H]1COC(C(C)(C)C)=N1)OC. The Kier molecular flexibility index (Phi) is 10.3. The monoisotopic (exact) mass is 359 g/mol. The fourth-order valence-corrected chi connectivity index (χ4v) is 2.66. The first-order valence-electron chi connectivity index (χ1n) is 9.70. The van der Waals surface area contributed by atoms with Crippen molar-refractivity contribution >= 4 is 5.90 Å². The zero-order valence-corrected chi connectivity index (χ0v) is 17.3. The first-order chi connectivity index (χ1) is 12.4. The van der Waals surface area contributed by atoms with Gasteiger partial charge in [0.1, 0.15) is 12.6 Å². The third-order valence-corrected chi connectivity index (χ3v) is 4.31. The van der Waals surface area contributed by atoms with Gasteiger partial charge in [0.15, 0.2) is 5.90 Å². The van der Waals surface area contributed by atoms with E-state index in [0.29, 0.717) is 6.61 Å². The van der Waals surface area contributed by atoms with Gasteiger partial charge in [-0.05, 0) is 39.0 Å². The van der Waals surface area contributed by atoms with Gasteiger partial charge >= 0.3 is 0 Å². The molecule has 0 bridgehead atoms. The first-order valence-corrected chi connectivity index (χ1v) is 9.70. The van der Waals surface area contributed by atoms with Gasteiger partial charge in [0.25, 0.3) is 0 Å². The largest absolute Gasteiger partial charge is 0.478 e. The molecule has 26 heavy (non-hydrogen) atoms. The van der Waals surface area contributed by atoms with Crippen molar-refractivity contribution in [1.29, 1.82) is 0 Å². The van der Waals surface area contributed by atoms with Crippen LogP contribution >= 0.6 is 0 Å². The minimum atomic E-state index is 0.00444. The van der Waals surface area contributed by atoms with E-state index in [1.165, 1.54) is 5.57 Å². The van der Waals surface area contributed by atoms with Crippen LogP contribution < -0.4 is 0 Å². The summed E-state index contributed by atoms with van der Waals surface area (Å²) in [7, 11) is 1.77. The van der Waals surface area contributed by atoms with Crippen molar-refractivity contribution in [3.05, 3.63) is 48.6 Å². The molecule has 1 aliphatic heterocycles. The highest BCUT2D eigenvalue weighted by Crippen LogP contribution is 2.22. The second-order valence-corrected chi connectivity index (χ2v) is 7.93. The van der Waals surface area contributed by atoms with Gasteiger partial charge < -0.3 is 9.47 Å². The van der Waals surface area contributed by atoms with Crippen LogP contribution in [0.2, 0.25) is 0 Å². The summed E-state index contributed by atoms with van der Waals surface area (Å²) in [4.78, 5) is 4.63. The standard InChI is InChI=1S/C23H37NO2/c1-7-13-21(25-6)17-16-19(2)14-11-9-8-10-12-15-20-18-26-22(24-20)23(3,4)5/h7,9,11-12,14-15,20-21H,1,8,10,13,16-18H2,2-6H3/b11-9+,15-12-,19-14+/t20-,21+/m1/s1. The molecule has 1 aliphatic rings. The van der Waals surface area contributed by atoms with Gasteiger partial charge in [-0.2, -0.15) is 0 Å². The summed E-state index contributed by atoms with van der Waals surface area (Å²) in [5.41, 5.74) is 1.39. The minimum absolute atomic E-state index is 0.00444. The van der Waals surface area contributed by atoms with Gasteiger partial charge in [-0.15, -0.1) is 6.58 Å². The molecule has 146 valence electrons. The zero-order chi connectivity index (χ0) is 19.4. The molecule has 3 heteroatoms. The molecule has 0 radical (unpaired) electrons. The Labute approximate surface area is 160 Å². The molecule has 0 N–H and O–H groups in total. The average molecular weight is 360 g/mol. The fraction of sp³-hybridized carbons (Fsp3) is 0.609. The second kappa shape index (κ2) is 11.9. The molecule has 3 nitrogen and oxygen atoms in total. The molecule has 0 saturated heterocycles. The minimum Gasteiger partial charge on any atom is -0.478 e. The molecule has 0 fully saturated rings. The molecule has 2 atom stereocenters. The maximum Gasteiger partial charge on any atom is 0.189 e. The van der Waals surface area contributed by atoms with E-state index >= 15 is 0 Å². The molecule has 0 aromatic heterocycles. The van der Waals surface area contributed by atoms with Crippen molar-refractivity contribution in [2.24, 2.45) is 10.4 Å². The van der Waals surface area contributed by atoms with E-state index in [1.807, 2.05) is 6.08 Å². The third-order valence-electron chi connectivity index (χ3n) is 4.31. The molecule has 0 aliphatic carbocycles. The van der Waals surface area contributed by atoms with Crippen molar-refractivity contribution in [3.8, 4) is 0 Å². The molecule has 0 amide bonds. The van der Waals surface area contributed by atoms with Crippen molar-refractivity contribution in [2.75, 3.05) is 13.7 Å². The lowest BCUT2D eigenvalue weighted by atomic mass is 9.97. The highest BCUT2D eigenvalue weighted by molar-refractivity contribution is 5.83. The summed E-state index contributed by atoms with van der Waals surface area (Å²) >= 11 is 0. The predicted molar refractivity (Wildman–Crippen MR) is 113 cm³/mol. The second-order valence-electron chi connectivity index (χ2n) is 7.93. The summed E-state index contributed by atoms with van der Waals surface area (Å²) in [6.45, 7) is 13.0. The number of hydrogen-bond donors (Lipinski definition) is 0. The Morgan fingerprint density at radius 3 is 2.69 bits per heavy atom. The number of nitrogens with zero attached hydrogens (tertiary/aromatic N) is 1. The van der Waals surface area contributed by atoms with Crippen LogP contribution in [0.1, 0.15) is 59.8 Å². The topological polar surface area (TPSA) is 30.8 Å². The Balaban J connectivity index is 2.24. The van der Waals surface area contributed by atoms with Gasteiger partial charge in [-0.3, -0.25) is 0 Å². The summed E-state index contributed by atoms with van der Waals surface area (Å²) in [6.07, 6.45) is 18.3. The van der Waals surface area contributed by atoms with Crippen molar-refractivity contribution < 1.29 is 9.47 Å². The van der Waals surface area contributed by atoms with E-state index in [-0.39, 0.29) is 17.6 Å². The average Bonchev–Trinajstić information content (AvgIpc) is 3.07. The number of hydrogen-bond acceptors (Lipinski definition) is 3. The number of ether oxygens (including phenoxy) is 2. The van der Waals surface area contributed by atoms with Crippen LogP contribution in [0.3, 0.4) is 0 Å². The van der Waals surface area contributed by atoms with Crippen LogP contribution in [-0.4, -0.2) is 31.8 Å². The summed E-state index contributed by atoms with van der Waals surface area (Å²) in [5.74, 6) is 0.872. The Hall–Kier alpha value is -1.61. The van der Waals surface area contributed by atoms with E-state index in [1.54, 1.807) is 7.11 Å². The first kappa shape index (κ1) is 22.4. The molecular weight excluding hydrogens is 322 g/mol. The Bertz CT molecular complexity index is 535. The molecule has 0 aromatic carbocycles. The van der Waals surface area contributed by atoms with E-state index in [2.05, 4.69) is 69.6 Å². The molecule has 1 rings (SSSR count). The van der Waals surface area contributed by atoms with Gasteiger partial charge in [0.2, 0.25) is 0 Å². The lowest BCUT2D eigenvalue weighted by Crippen LogP contribution is -2.20. The normalized spacial score (nSPS) is 19.8. The third kappa shape index (κ3) is 9.19. The molecule has 0 unspecified atom stereocenters. The number of allylic oxidation sites excluding steroid dienone is 5. The van der Waals surface area contributed by atoms with Gasteiger partial charge in [0, 0.05) is 12.5 Å². The summed E-state index contributed by atoms with van der Waals surface area (Å²) < 4.78 is 11.1. The van der Waals surface area contributed by atoms with Crippen LogP contribution in [0.5, 0.6) is 0 Å². The lowest BCUT2D eigenvalue weighted by molar-refractivity contribution is 0.0981. The van der Waals surface area contributed by atoms with Crippen molar-refractivity contribution in [3.63, 3.8) is 0 Å². The highest BCUT2D eigenvalue weighted by Gasteiger charge is 2.26. The molecule has 1 heterocycles. The highest BCUT2D eigenvalue weighted by atomic mass is 16.5. The van der Waals surface area contributed by atoms with Crippen molar-refractivity contribution in [1.82, 2.24) is 0 Å². The molecule has 0 aromatic rings. The number of rotatable bonds is 11. The smallest absolute Gasteiger partial charge is 0.189 e. The molecule has 0 spiro atoms. The van der Waals surface area contributed by atoms with Gasteiger partial charge in [-0.25, -0.2) is 4.99 Å². The van der Waals surface area contributed by atoms with E-state index in [9.17, 15) is 0 Å². The zero-order valence-electron chi connectivity index (χ0n) is 17.3. The van der Waals surface area contributed by atoms with Gasteiger partial charge in [0.05, 0.1) is 6.10 Å². The number of methoxy groups -OCH3 is 1. The Morgan fingerprint density at radius 1 is 1.35 bits per heavy atom. The number of unbranched alkanes of at least 4 members (excludes halogenated alkanes) is 1. The van der Waals surface area contributed by atoms with E-state index in [4.69, 9.17) is 9.47 Å².